The number of hydrogen-bond acceptors (Lipinski definition) is 4. The molecule has 1 unspecified atom stereocenters. The van der Waals surface area contributed by atoms with Crippen molar-refractivity contribution < 1.29 is 8.42 Å². The molecule has 0 fully saturated rings. The molecule has 7 heteroatoms. The van der Waals surface area contributed by atoms with Crippen LogP contribution in [0.5, 0.6) is 0 Å². The van der Waals surface area contributed by atoms with Gasteiger partial charge in [-0.1, -0.05) is 24.6 Å². The maximum absolute atomic E-state index is 12.3. The molecule has 120 valence electrons. The Morgan fingerprint density at radius 2 is 2.10 bits per heavy atom. The Balaban J connectivity index is 2.81. The second-order valence-electron chi connectivity index (χ2n) is 4.84. The van der Waals surface area contributed by atoms with Gasteiger partial charge in [0.05, 0.1) is 4.90 Å². The molecule has 21 heavy (non-hydrogen) atoms. The number of hydrogen-bond donors (Lipinski definition) is 2. The zero-order chi connectivity index (χ0) is 15.9. The van der Waals surface area contributed by atoms with Crippen LogP contribution in [-0.4, -0.2) is 33.0 Å². The van der Waals surface area contributed by atoms with Gasteiger partial charge in [-0.15, -0.1) is 0 Å². The summed E-state index contributed by atoms with van der Waals surface area (Å²) in [4.78, 5) is 0.212. The van der Waals surface area contributed by atoms with Crippen molar-refractivity contribution in [1.82, 2.24) is 10.0 Å². The van der Waals surface area contributed by atoms with E-state index in [9.17, 15) is 8.42 Å². The zero-order valence-electron chi connectivity index (χ0n) is 12.6. The van der Waals surface area contributed by atoms with Gasteiger partial charge in [-0.25, -0.2) is 13.1 Å². The van der Waals surface area contributed by atoms with Gasteiger partial charge in [-0.05, 0) is 49.6 Å². The van der Waals surface area contributed by atoms with Crippen LogP contribution in [0.3, 0.4) is 0 Å². The fourth-order valence-corrected chi connectivity index (χ4v) is 3.99. The topological polar surface area (TPSA) is 58.2 Å². The van der Waals surface area contributed by atoms with Gasteiger partial charge in [0.15, 0.2) is 0 Å². The SMILES string of the molecule is CCNCc1ccc(S(=O)(=O)NC(C)CCSC)cc1Cl. The van der Waals surface area contributed by atoms with Crippen LogP contribution in [0.2, 0.25) is 5.02 Å². The summed E-state index contributed by atoms with van der Waals surface area (Å²) in [6, 6.07) is 4.77. The van der Waals surface area contributed by atoms with Gasteiger partial charge in [-0.2, -0.15) is 11.8 Å². The van der Waals surface area contributed by atoms with Crippen molar-refractivity contribution in [2.75, 3.05) is 18.6 Å². The molecule has 0 heterocycles. The van der Waals surface area contributed by atoms with Gasteiger partial charge in [0.25, 0.3) is 0 Å². The third kappa shape index (κ3) is 6.16. The third-order valence-corrected chi connectivity index (χ3v) is 5.59. The van der Waals surface area contributed by atoms with Crippen LogP contribution in [0.4, 0.5) is 0 Å². The monoisotopic (exact) mass is 350 g/mol. The average Bonchev–Trinajstić information content (AvgIpc) is 2.43. The summed E-state index contributed by atoms with van der Waals surface area (Å²) in [6.45, 7) is 5.35. The molecule has 0 aliphatic rings. The van der Waals surface area contributed by atoms with E-state index >= 15 is 0 Å². The number of benzene rings is 1. The quantitative estimate of drug-likeness (QED) is 0.719. The smallest absolute Gasteiger partial charge is 0.240 e. The first-order valence-corrected chi connectivity index (χ1v) is 10.2. The van der Waals surface area contributed by atoms with Crippen molar-refractivity contribution in [2.24, 2.45) is 0 Å². The van der Waals surface area contributed by atoms with Crippen LogP contribution in [-0.2, 0) is 16.6 Å². The highest BCUT2D eigenvalue weighted by atomic mass is 35.5. The molecule has 0 aliphatic carbocycles. The standard InChI is InChI=1S/C14H23ClN2O2S2/c1-4-16-10-12-5-6-13(9-14(12)15)21(18,19)17-11(2)7-8-20-3/h5-6,9,11,16-17H,4,7-8,10H2,1-3H3. The number of thioether (sulfide) groups is 1. The summed E-state index contributed by atoms with van der Waals surface area (Å²) in [5.74, 6) is 0.923. The minimum atomic E-state index is -3.51. The Morgan fingerprint density at radius 1 is 1.38 bits per heavy atom. The fraction of sp³-hybridized carbons (Fsp3) is 0.571. The molecule has 1 atom stereocenters. The molecule has 2 N–H and O–H groups in total. The lowest BCUT2D eigenvalue weighted by Gasteiger charge is -2.14. The maximum atomic E-state index is 12.3. The van der Waals surface area contributed by atoms with Crippen molar-refractivity contribution in [3.63, 3.8) is 0 Å². The molecule has 0 bridgehead atoms. The summed E-state index contributed by atoms with van der Waals surface area (Å²) < 4.78 is 27.3. The van der Waals surface area contributed by atoms with E-state index in [0.717, 1.165) is 24.3 Å². The van der Waals surface area contributed by atoms with Gasteiger partial charge in [0.1, 0.15) is 0 Å². The van der Waals surface area contributed by atoms with E-state index in [0.29, 0.717) is 11.6 Å². The largest absolute Gasteiger partial charge is 0.313 e. The van der Waals surface area contributed by atoms with Gasteiger partial charge >= 0.3 is 0 Å². The Kier molecular flexibility index (Phi) is 8.05. The van der Waals surface area contributed by atoms with Crippen molar-refractivity contribution >= 4 is 33.4 Å². The Morgan fingerprint density at radius 3 is 2.67 bits per heavy atom. The summed E-state index contributed by atoms with van der Waals surface area (Å²) in [6.07, 6.45) is 2.80. The first kappa shape index (κ1) is 18.8. The molecule has 0 radical (unpaired) electrons. The molecule has 0 aromatic heterocycles. The minimum Gasteiger partial charge on any atom is -0.313 e. The molecule has 4 nitrogen and oxygen atoms in total. The lowest BCUT2D eigenvalue weighted by molar-refractivity contribution is 0.557. The average molecular weight is 351 g/mol. The van der Waals surface area contributed by atoms with E-state index in [-0.39, 0.29) is 10.9 Å². The molecule has 0 amide bonds. The van der Waals surface area contributed by atoms with Crippen LogP contribution >= 0.6 is 23.4 Å². The maximum Gasteiger partial charge on any atom is 0.240 e. The lowest BCUT2D eigenvalue weighted by Crippen LogP contribution is -2.33. The molecule has 1 aromatic rings. The molecule has 0 spiro atoms. The molecular formula is C14H23ClN2O2S2. The van der Waals surface area contributed by atoms with Gasteiger partial charge < -0.3 is 5.32 Å². The molecule has 0 saturated carbocycles. The fourth-order valence-electron chi connectivity index (χ4n) is 1.78. The normalized spacial score (nSPS) is 13.3. The van der Waals surface area contributed by atoms with E-state index in [2.05, 4.69) is 10.0 Å². The van der Waals surface area contributed by atoms with Crippen molar-refractivity contribution in [3.8, 4) is 0 Å². The van der Waals surface area contributed by atoms with E-state index in [4.69, 9.17) is 11.6 Å². The first-order valence-electron chi connectivity index (χ1n) is 6.91. The van der Waals surface area contributed by atoms with Crippen molar-refractivity contribution in [1.29, 1.82) is 0 Å². The number of sulfonamides is 1. The zero-order valence-corrected chi connectivity index (χ0v) is 15.0. The number of rotatable bonds is 9. The summed E-state index contributed by atoms with van der Waals surface area (Å²) >= 11 is 7.86. The molecular weight excluding hydrogens is 328 g/mol. The predicted octanol–water partition coefficient (Wildman–Crippen LogP) is 2.87. The van der Waals surface area contributed by atoms with Crippen molar-refractivity contribution in [3.05, 3.63) is 28.8 Å². The predicted molar refractivity (Wildman–Crippen MR) is 91.6 cm³/mol. The van der Waals surface area contributed by atoms with Crippen LogP contribution in [0.25, 0.3) is 0 Å². The minimum absolute atomic E-state index is 0.0948. The highest BCUT2D eigenvalue weighted by molar-refractivity contribution is 7.98. The summed E-state index contributed by atoms with van der Waals surface area (Å²) in [5.41, 5.74) is 0.896. The molecule has 0 aliphatic heterocycles. The number of halogens is 1. The number of nitrogens with one attached hydrogen (secondary N) is 2. The van der Waals surface area contributed by atoms with Crippen LogP contribution in [0.15, 0.2) is 23.1 Å². The van der Waals surface area contributed by atoms with Gasteiger partial charge in [0.2, 0.25) is 10.0 Å². The van der Waals surface area contributed by atoms with E-state index in [1.54, 1.807) is 23.9 Å². The highest BCUT2D eigenvalue weighted by Crippen LogP contribution is 2.21. The van der Waals surface area contributed by atoms with Crippen LogP contribution < -0.4 is 10.0 Å². The Bertz CT molecular complexity index is 550. The van der Waals surface area contributed by atoms with Crippen LogP contribution in [0.1, 0.15) is 25.8 Å². The lowest BCUT2D eigenvalue weighted by atomic mass is 10.2. The second kappa shape index (κ2) is 9.00. The molecule has 0 saturated heterocycles. The highest BCUT2D eigenvalue weighted by Gasteiger charge is 2.18. The van der Waals surface area contributed by atoms with Crippen molar-refractivity contribution in [2.45, 2.75) is 37.8 Å². The molecule has 1 rings (SSSR count). The van der Waals surface area contributed by atoms with E-state index in [1.807, 2.05) is 20.1 Å². The Labute approximate surface area is 137 Å². The van der Waals surface area contributed by atoms with E-state index in [1.165, 1.54) is 6.07 Å². The summed E-state index contributed by atoms with van der Waals surface area (Å²) in [7, 11) is -3.51. The molecule has 1 aromatic carbocycles. The second-order valence-corrected chi connectivity index (χ2v) is 7.94. The van der Waals surface area contributed by atoms with E-state index < -0.39 is 10.0 Å². The Hall–Kier alpha value is -0.270. The van der Waals surface area contributed by atoms with Gasteiger partial charge in [-0.3, -0.25) is 0 Å². The van der Waals surface area contributed by atoms with Gasteiger partial charge in [0, 0.05) is 17.6 Å². The summed E-state index contributed by atoms with van der Waals surface area (Å²) in [5, 5.41) is 3.64. The third-order valence-electron chi connectivity index (χ3n) is 3.01. The van der Waals surface area contributed by atoms with Crippen LogP contribution in [0, 0.1) is 0 Å². The first-order chi connectivity index (χ1) is 9.90.